The number of benzene rings is 11. The Kier molecular flexibility index (Phi) is 9.60. The molecule has 11 aromatic carbocycles. The predicted molar refractivity (Wildman–Crippen MR) is 284 cm³/mol. The van der Waals surface area contributed by atoms with E-state index in [9.17, 15) is 9.59 Å². The first-order valence-electron chi connectivity index (χ1n) is 23.4. The number of imide groups is 1. The molecule has 0 fully saturated rings. The van der Waals surface area contributed by atoms with Crippen LogP contribution in [-0.4, -0.2) is 23.8 Å². The Balaban J connectivity index is 1.12. The molecule has 0 atom stereocenters. The second-order valence-corrected chi connectivity index (χ2v) is 18.8. The highest BCUT2D eigenvalue weighted by Crippen LogP contribution is 2.49. The largest absolute Gasteiger partial charge is 0.277 e. The molecule has 3 nitrogen and oxygen atoms in total. The van der Waals surface area contributed by atoms with Crippen LogP contribution >= 0.6 is 0 Å². The van der Waals surface area contributed by atoms with Crippen LogP contribution in [0.5, 0.6) is 0 Å². The predicted octanol–water partition coefficient (Wildman–Crippen LogP) is 16.8. The Morgan fingerprint density at radius 2 is 0.529 bits per heavy atom. The van der Waals surface area contributed by atoms with E-state index in [4.69, 9.17) is 0 Å². The van der Waals surface area contributed by atoms with Gasteiger partial charge in [-0.3, -0.25) is 14.5 Å². The lowest BCUT2D eigenvalue weighted by Crippen LogP contribution is -2.24. The van der Waals surface area contributed by atoms with Crippen LogP contribution < -0.4 is 0 Å². The number of aryl methyl sites for hydroxylation is 4. The molecule has 0 aliphatic carbocycles. The maximum absolute atomic E-state index is 14.8. The summed E-state index contributed by atoms with van der Waals surface area (Å²) in [6, 6.07) is 69.7. The molecule has 1 heterocycles. The molecule has 0 radical (unpaired) electrons. The molecule has 0 saturated carbocycles. The summed E-state index contributed by atoms with van der Waals surface area (Å²) in [6.07, 6.45) is 0. The van der Waals surface area contributed by atoms with Gasteiger partial charge in [0.15, 0.2) is 0 Å². The van der Waals surface area contributed by atoms with E-state index in [2.05, 4.69) is 222 Å². The molecule has 12 rings (SSSR count). The fraction of sp³-hybridized carbons (Fsp3) is 0.0769. The van der Waals surface area contributed by atoms with Crippen LogP contribution in [0.2, 0.25) is 0 Å². The van der Waals surface area contributed by atoms with Gasteiger partial charge in [0.05, 0.1) is 11.1 Å². The van der Waals surface area contributed by atoms with Crippen molar-refractivity contribution in [3.63, 3.8) is 0 Å². The quantitative estimate of drug-likeness (QED) is 0.156. The minimum absolute atomic E-state index is 0.308. The summed E-state index contributed by atoms with van der Waals surface area (Å²) in [4.78, 5) is 31.0. The smallest absolute Gasteiger partial charge is 0.261 e. The summed E-state index contributed by atoms with van der Waals surface area (Å²) < 4.78 is 0. The third kappa shape index (κ3) is 6.81. The summed E-state index contributed by atoms with van der Waals surface area (Å²) >= 11 is 0. The van der Waals surface area contributed by atoms with Gasteiger partial charge in [-0.15, -0.1) is 0 Å². The number of carbonyl (C=O) groups is 2. The van der Waals surface area contributed by atoms with E-state index < -0.39 is 0 Å². The van der Waals surface area contributed by atoms with Gasteiger partial charge in [0.2, 0.25) is 0 Å². The zero-order valence-electron chi connectivity index (χ0n) is 38.7. The Morgan fingerprint density at radius 1 is 0.265 bits per heavy atom. The highest BCUT2D eigenvalue weighted by Gasteiger charge is 2.39. The van der Waals surface area contributed by atoms with Crippen LogP contribution in [0.25, 0.3) is 110 Å². The molecule has 1 aliphatic rings. The normalized spacial score (nSPS) is 12.5. The second-order valence-electron chi connectivity index (χ2n) is 18.8. The van der Waals surface area contributed by atoms with Crippen molar-refractivity contribution in [2.75, 3.05) is 7.05 Å². The summed E-state index contributed by atoms with van der Waals surface area (Å²) in [5.41, 5.74) is 17.3. The molecule has 0 N–H and O–H groups in total. The van der Waals surface area contributed by atoms with Crippen molar-refractivity contribution >= 4 is 54.9 Å². The molecular weight excluding hydrogens is 827 g/mol. The Bertz CT molecular complexity index is 3710. The average molecular weight is 874 g/mol. The molecule has 0 spiro atoms. The lowest BCUT2D eigenvalue weighted by atomic mass is 9.81. The van der Waals surface area contributed by atoms with Crippen molar-refractivity contribution in [1.29, 1.82) is 0 Å². The summed E-state index contributed by atoms with van der Waals surface area (Å²) in [5.74, 6) is -0.617. The van der Waals surface area contributed by atoms with E-state index in [1.54, 1.807) is 7.05 Å². The van der Waals surface area contributed by atoms with E-state index in [1.807, 2.05) is 0 Å². The molecule has 68 heavy (non-hydrogen) atoms. The average Bonchev–Trinajstić information content (AvgIpc) is 3.58. The minimum atomic E-state index is -0.308. The Hall–Kier alpha value is -8.40. The minimum Gasteiger partial charge on any atom is -0.277 e. The second kappa shape index (κ2) is 15.9. The van der Waals surface area contributed by atoms with Gasteiger partial charge in [0.25, 0.3) is 11.8 Å². The van der Waals surface area contributed by atoms with E-state index >= 15 is 0 Å². The first-order chi connectivity index (χ1) is 33.1. The first-order valence-corrected chi connectivity index (χ1v) is 23.4. The number of hydrogen-bond donors (Lipinski definition) is 0. The number of hydrogen-bond acceptors (Lipinski definition) is 2. The van der Waals surface area contributed by atoms with Crippen LogP contribution in [0.3, 0.4) is 0 Å². The van der Waals surface area contributed by atoms with E-state index in [0.29, 0.717) is 11.1 Å². The Morgan fingerprint density at radius 3 is 0.882 bits per heavy atom. The van der Waals surface area contributed by atoms with Crippen LogP contribution in [0, 0.1) is 27.7 Å². The first kappa shape index (κ1) is 41.1. The fourth-order valence-electron chi connectivity index (χ4n) is 10.7. The molecule has 0 bridgehead atoms. The van der Waals surface area contributed by atoms with Gasteiger partial charge in [-0.1, -0.05) is 192 Å². The van der Waals surface area contributed by atoms with Crippen molar-refractivity contribution in [2.24, 2.45) is 0 Å². The number of amides is 2. The lowest BCUT2D eigenvalue weighted by molar-refractivity contribution is 0.0693. The molecule has 0 unspecified atom stereocenters. The standard InChI is InChI=1S/C65H47NO2/c1-38-12-16-46-34-50(24-20-42(46)30-38)54-8-6-10-56(60(54)52-26-22-44-32-40(3)14-18-48(44)36-52)58-28-29-59(63-62(58)64(67)66(5)65(63)68)57-11-7-9-55(51-25-21-43-31-39(2)13-17-47(43)35-51)61(57)53-27-23-45-33-41(4)15-19-49(45)37-53/h6-37H,1-5H3. The summed E-state index contributed by atoms with van der Waals surface area (Å²) in [7, 11) is 1.61. The van der Waals surface area contributed by atoms with Crippen LogP contribution in [0.1, 0.15) is 43.0 Å². The van der Waals surface area contributed by atoms with E-state index in [0.717, 1.165) is 88.3 Å². The van der Waals surface area contributed by atoms with Gasteiger partial charge < -0.3 is 0 Å². The van der Waals surface area contributed by atoms with Gasteiger partial charge in [-0.25, -0.2) is 0 Å². The molecule has 324 valence electrons. The summed E-state index contributed by atoms with van der Waals surface area (Å²) in [6.45, 7) is 8.48. The fourth-order valence-corrected chi connectivity index (χ4v) is 10.7. The molecule has 2 amide bonds. The number of rotatable bonds is 6. The monoisotopic (exact) mass is 873 g/mol. The number of nitrogens with zero attached hydrogens (tertiary/aromatic N) is 1. The van der Waals surface area contributed by atoms with Crippen molar-refractivity contribution < 1.29 is 9.59 Å². The van der Waals surface area contributed by atoms with Crippen molar-refractivity contribution in [2.45, 2.75) is 27.7 Å². The van der Waals surface area contributed by atoms with Gasteiger partial charge >= 0.3 is 0 Å². The van der Waals surface area contributed by atoms with Gasteiger partial charge in [-0.05, 0) is 162 Å². The van der Waals surface area contributed by atoms with Gasteiger partial charge in [0, 0.05) is 7.05 Å². The lowest BCUT2D eigenvalue weighted by Gasteiger charge is -2.21. The van der Waals surface area contributed by atoms with Crippen molar-refractivity contribution in [3.8, 4) is 66.8 Å². The third-order valence-electron chi connectivity index (χ3n) is 14.1. The highest BCUT2D eigenvalue weighted by atomic mass is 16.2. The van der Waals surface area contributed by atoms with Gasteiger partial charge in [-0.2, -0.15) is 0 Å². The van der Waals surface area contributed by atoms with Crippen molar-refractivity contribution in [3.05, 3.63) is 228 Å². The molecular formula is C65H47NO2. The Labute approximate surface area is 396 Å². The van der Waals surface area contributed by atoms with Crippen molar-refractivity contribution in [1.82, 2.24) is 4.90 Å². The van der Waals surface area contributed by atoms with Crippen LogP contribution in [0.4, 0.5) is 0 Å². The van der Waals surface area contributed by atoms with E-state index in [-0.39, 0.29) is 11.8 Å². The maximum atomic E-state index is 14.8. The molecule has 0 saturated heterocycles. The number of fused-ring (bicyclic) bond motifs is 5. The molecule has 3 heteroatoms. The zero-order valence-corrected chi connectivity index (χ0v) is 38.7. The third-order valence-corrected chi connectivity index (χ3v) is 14.1. The van der Waals surface area contributed by atoms with E-state index in [1.165, 1.54) is 48.7 Å². The van der Waals surface area contributed by atoms with Crippen LogP contribution in [-0.2, 0) is 0 Å². The number of carbonyl (C=O) groups excluding carboxylic acids is 2. The highest BCUT2D eigenvalue weighted by molar-refractivity contribution is 6.27. The topological polar surface area (TPSA) is 37.4 Å². The molecule has 11 aromatic rings. The molecule has 1 aliphatic heterocycles. The van der Waals surface area contributed by atoms with Crippen LogP contribution in [0.15, 0.2) is 194 Å². The zero-order chi connectivity index (χ0) is 46.4. The summed E-state index contributed by atoms with van der Waals surface area (Å²) in [5, 5.41) is 9.28. The maximum Gasteiger partial charge on any atom is 0.261 e. The SMILES string of the molecule is Cc1ccc2cc(-c3cccc(-c4ccc(-c5cccc(-c6ccc7cc(C)ccc7c6)c5-c5ccc6cc(C)ccc6c5)c5c4C(=O)N(C)C5=O)c3-c3ccc4cc(C)ccc4c3)ccc2c1. The van der Waals surface area contributed by atoms with Gasteiger partial charge in [0.1, 0.15) is 0 Å². The molecule has 0 aromatic heterocycles.